The minimum Gasteiger partial charge on any atom is -0.405 e. The Hall–Kier alpha value is -2.34. The molecule has 1 unspecified atom stereocenters. The molecule has 0 N–H and O–H groups in total. The molecule has 96 valence electrons. The van der Waals surface area contributed by atoms with Crippen LogP contribution < -0.4 is 0 Å². The van der Waals surface area contributed by atoms with Crippen molar-refractivity contribution >= 4 is 11.9 Å². The van der Waals surface area contributed by atoms with Gasteiger partial charge in [0.2, 0.25) is 5.90 Å². The first-order valence-corrected chi connectivity index (χ1v) is 6.15. The predicted molar refractivity (Wildman–Crippen MR) is 74.8 cm³/mol. The van der Waals surface area contributed by atoms with Crippen LogP contribution >= 0.6 is 0 Å². The molecule has 1 aliphatic rings. The van der Waals surface area contributed by atoms with Gasteiger partial charge in [-0.3, -0.25) is 0 Å². The van der Waals surface area contributed by atoms with Gasteiger partial charge >= 0.3 is 5.97 Å². The lowest BCUT2D eigenvalue weighted by atomic mass is 9.93. The lowest BCUT2D eigenvalue weighted by molar-refractivity contribution is -0.139. The number of esters is 1. The Bertz CT molecular complexity index is 578. The number of hydrogen-bond donors (Lipinski definition) is 0. The van der Waals surface area contributed by atoms with E-state index in [0.717, 1.165) is 11.1 Å². The SMILES string of the molecule is C#Cc1ccc(C2=NC(CC)(CC=C)C(=O)O2)cc1. The second-order valence-corrected chi connectivity index (χ2v) is 4.41. The summed E-state index contributed by atoms with van der Waals surface area (Å²) < 4.78 is 5.29. The van der Waals surface area contributed by atoms with Crippen molar-refractivity contribution in [1.29, 1.82) is 0 Å². The van der Waals surface area contributed by atoms with Gasteiger partial charge in [-0.2, -0.15) is 0 Å². The van der Waals surface area contributed by atoms with Crippen LogP contribution in [-0.2, 0) is 9.53 Å². The number of hydrogen-bond acceptors (Lipinski definition) is 3. The standard InChI is InChI=1S/C16H15NO2/c1-4-11-16(6-3)15(18)19-14(17-16)13-9-7-12(5-2)8-10-13/h2,4,7-10H,1,6,11H2,3H3. The first kappa shape index (κ1) is 13.1. The van der Waals surface area contributed by atoms with E-state index < -0.39 is 5.54 Å². The molecule has 0 aliphatic carbocycles. The summed E-state index contributed by atoms with van der Waals surface area (Å²) in [6.45, 7) is 5.59. The molecular weight excluding hydrogens is 238 g/mol. The summed E-state index contributed by atoms with van der Waals surface area (Å²) in [5, 5.41) is 0. The van der Waals surface area contributed by atoms with Gasteiger partial charge in [-0.05, 0) is 30.7 Å². The van der Waals surface area contributed by atoms with Crippen LogP contribution in [0.1, 0.15) is 30.9 Å². The molecule has 0 radical (unpaired) electrons. The van der Waals surface area contributed by atoms with Gasteiger partial charge in [0.05, 0.1) is 0 Å². The number of nitrogens with zero attached hydrogens (tertiary/aromatic N) is 1. The highest BCUT2D eigenvalue weighted by Crippen LogP contribution is 2.30. The van der Waals surface area contributed by atoms with E-state index >= 15 is 0 Å². The molecule has 3 nitrogen and oxygen atoms in total. The summed E-state index contributed by atoms with van der Waals surface area (Å²) in [4.78, 5) is 16.5. The quantitative estimate of drug-likeness (QED) is 0.470. The average molecular weight is 253 g/mol. The first-order valence-electron chi connectivity index (χ1n) is 6.15. The number of carbonyl (C=O) groups excluding carboxylic acids is 1. The van der Waals surface area contributed by atoms with Crippen molar-refractivity contribution in [2.24, 2.45) is 4.99 Å². The van der Waals surface area contributed by atoms with E-state index in [1.807, 2.05) is 6.92 Å². The molecule has 0 aromatic heterocycles. The van der Waals surface area contributed by atoms with Crippen LogP contribution in [0.15, 0.2) is 41.9 Å². The second-order valence-electron chi connectivity index (χ2n) is 4.41. The van der Waals surface area contributed by atoms with Crippen molar-refractivity contribution in [3.8, 4) is 12.3 Å². The highest BCUT2D eigenvalue weighted by molar-refractivity contribution is 6.08. The molecule has 2 rings (SSSR count). The van der Waals surface area contributed by atoms with E-state index in [1.54, 1.807) is 30.3 Å². The lowest BCUT2D eigenvalue weighted by Crippen LogP contribution is -2.32. The fourth-order valence-corrected chi connectivity index (χ4v) is 2.01. The van der Waals surface area contributed by atoms with E-state index in [-0.39, 0.29) is 5.97 Å². The molecule has 1 aromatic carbocycles. The Labute approximate surface area is 113 Å². The van der Waals surface area contributed by atoms with E-state index in [4.69, 9.17) is 11.2 Å². The molecule has 0 amide bonds. The number of carbonyl (C=O) groups is 1. The van der Waals surface area contributed by atoms with Crippen molar-refractivity contribution in [2.45, 2.75) is 25.3 Å². The topological polar surface area (TPSA) is 38.7 Å². The summed E-state index contributed by atoms with van der Waals surface area (Å²) in [6.07, 6.45) is 8.06. The third kappa shape index (κ3) is 2.30. The maximum Gasteiger partial charge on any atom is 0.341 e. The molecule has 1 aliphatic heterocycles. The van der Waals surface area contributed by atoms with Gasteiger partial charge < -0.3 is 4.74 Å². The summed E-state index contributed by atoms with van der Waals surface area (Å²) in [5.41, 5.74) is 0.718. The van der Waals surface area contributed by atoms with E-state index in [9.17, 15) is 4.79 Å². The third-order valence-electron chi connectivity index (χ3n) is 3.25. The van der Waals surface area contributed by atoms with Crippen molar-refractivity contribution in [2.75, 3.05) is 0 Å². The maximum atomic E-state index is 12.0. The molecule has 0 spiro atoms. The van der Waals surface area contributed by atoms with Crippen LogP contribution in [0.3, 0.4) is 0 Å². The fraction of sp³-hybridized carbons (Fsp3) is 0.250. The maximum absolute atomic E-state index is 12.0. The number of terminal acetylenes is 1. The fourth-order valence-electron chi connectivity index (χ4n) is 2.01. The predicted octanol–water partition coefficient (Wildman–Crippen LogP) is 2.70. The third-order valence-corrected chi connectivity index (χ3v) is 3.25. The number of ether oxygens (including phenoxy) is 1. The normalized spacial score (nSPS) is 21.5. The van der Waals surface area contributed by atoms with E-state index in [0.29, 0.717) is 18.7 Å². The van der Waals surface area contributed by atoms with Gasteiger partial charge in [0, 0.05) is 17.5 Å². The van der Waals surface area contributed by atoms with Crippen LogP contribution in [0.4, 0.5) is 0 Å². The summed E-state index contributed by atoms with van der Waals surface area (Å²) in [5.74, 6) is 2.58. The number of cyclic esters (lactones) is 1. The second kappa shape index (κ2) is 5.11. The molecule has 0 bridgehead atoms. The van der Waals surface area contributed by atoms with Crippen molar-refractivity contribution < 1.29 is 9.53 Å². The van der Waals surface area contributed by atoms with Gasteiger partial charge in [-0.15, -0.1) is 13.0 Å². The Morgan fingerprint density at radius 1 is 1.47 bits per heavy atom. The number of aliphatic imine (C=N–C) groups is 1. The van der Waals surface area contributed by atoms with Gasteiger partial charge in [0.15, 0.2) is 5.54 Å². The zero-order chi connectivity index (χ0) is 13.9. The van der Waals surface area contributed by atoms with Crippen LogP contribution in [0.25, 0.3) is 0 Å². The Morgan fingerprint density at radius 2 is 2.16 bits per heavy atom. The largest absolute Gasteiger partial charge is 0.405 e. The molecular formula is C16H15NO2. The summed E-state index contributed by atoms with van der Waals surface area (Å²) >= 11 is 0. The monoisotopic (exact) mass is 253 g/mol. The number of benzene rings is 1. The van der Waals surface area contributed by atoms with Gasteiger partial charge in [-0.1, -0.05) is 18.9 Å². The van der Waals surface area contributed by atoms with Crippen LogP contribution in [-0.4, -0.2) is 17.4 Å². The first-order chi connectivity index (χ1) is 9.15. The highest BCUT2D eigenvalue weighted by atomic mass is 16.6. The van der Waals surface area contributed by atoms with Gasteiger partial charge in [0.1, 0.15) is 0 Å². The van der Waals surface area contributed by atoms with E-state index in [2.05, 4.69) is 17.5 Å². The Morgan fingerprint density at radius 3 is 2.68 bits per heavy atom. The van der Waals surface area contributed by atoms with E-state index in [1.165, 1.54) is 0 Å². The minimum atomic E-state index is -0.818. The summed E-state index contributed by atoms with van der Waals surface area (Å²) in [6, 6.07) is 7.21. The molecule has 1 heterocycles. The molecule has 0 saturated carbocycles. The van der Waals surface area contributed by atoms with Crippen LogP contribution in [0.2, 0.25) is 0 Å². The lowest BCUT2D eigenvalue weighted by Gasteiger charge is -2.16. The van der Waals surface area contributed by atoms with Crippen molar-refractivity contribution in [3.05, 3.63) is 48.0 Å². The van der Waals surface area contributed by atoms with Crippen molar-refractivity contribution in [1.82, 2.24) is 0 Å². The molecule has 1 atom stereocenters. The molecule has 3 heteroatoms. The Balaban J connectivity index is 2.35. The zero-order valence-corrected chi connectivity index (χ0v) is 10.8. The van der Waals surface area contributed by atoms with Gasteiger partial charge in [-0.25, -0.2) is 9.79 Å². The molecule has 0 saturated heterocycles. The average Bonchev–Trinajstić information content (AvgIpc) is 2.77. The highest BCUT2D eigenvalue weighted by Gasteiger charge is 2.43. The minimum absolute atomic E-state index is 0.314. The van der Waals surface area contributed by atoms with Crippen LogP contribution in [0, 0.1) is 12.3 Å². The van der Waals surface area contributed by atoms with Crippen molar-refractivity contribution in [3.63, 3.8) is 0 Å². The Kier molecular flexibility index (Phi) is 3.52. The van der Waals surface area contributed by atoms with Gasteiger partial charge in [0.25, 0.3) is 0 Å². The zero-order valence-electron chi connectivity index (χ0n) is 10.8. The van der Waals surface area contributed by atoms with Crippen LogP contribution in [0.5, 0.6) is 0 Å². The molecule has 0 fully saturated rings. The molecule has 1 aromatic rings. The molecule has 19 heavy (non-hydrogen) atoms. The smallest absolute Gasteiger partial charge is 0.341 e. The summed E-state index contributed by atoms with van der Waals surface area (Å²) in [7, 11) is 0. The number of rotatable bonds is 4.